The highest BCUT2D eigenvalue weighted by molar-refractivity contribution is 6.05. The van der Waals surface area contributed by atoms with Crippen LogP contribution in [0.3, 0.4) is 0 Å². The number of nitrogens with two attached hydrogens (primary N) is 1. The summed E-state index contributed by atoms with van der Waals surface area (Å²) in [5, 5.41) is 2.89. The number of ether oxygens (including phenoxy) is 1. The molecule has 5 rings (SSSR count). The van der Waals surface area contributed by atoms with E-state index in [9.17, 15) is 9.59 Å². The van der Waals surface area contributed by atoms with E-state index in [0.29, 0.717) is 34.2 Å². The van der Waals surface area contributed by atoms with Crippen LogP contribution in [-0.2, 0) is 0 Å². The van der Waals surface area contributed by atoms with Crippen molar-refractivity contribution in [3.8, 4) is 11.5 Å². The molecule has 0 atom stereocenters. The van der Waals surface area contributed by atoms with E-state index in [2.05, 4.69) is 10.3 Å². The van der Waals surface area contributed by atoms with Crippen LogP contribution in [-0.4, -0.2) is 16.8 Å². The third-order valence-electron chi connectivity index (χ3n) is 5.08. The van der Waals surface area contributed by atoms with Crippen LogP contribution < -0.4 is 15.8 Å². The van der Waals surface area contributed by atoms with Crippen molar-refractivity contribution in [1.82, 2.24) is 4.98 Å². The van der Waals surface area contributed by atoms with Crippen molar-refractivity contribution in [3.63, 3.8) is 0 Å². The molecule has 7 nitrogen and oxygen atoms in total. The molecule has 1 aromatic heterocycles. The lowest BCUT2D eigenvalue weighted by atomic mass is 10.2. The van der Waals surface area contributed by atoms with Gasteiger partial charge in [0.2, 0.25) is 5.91 Å². The van der Waals surface area contributed by atoms with Crippen molar-refractivity contribution in [2.24, 2.45) is 5.73 Å². The fourth-order valence-electron chi connectivity index (χ4n) is 3.23. The lowest BCUT2D eigenvalue weighted by Crippen LogP contribution is -2.11. The number of nitrogens with one attached hydrogen (secondary N) is 1. The maximum Gasteiger partial charge on any atom is 0.255 e. The first-order valence-corrected chi connectivity index (χ1v) is 9.95. The average molecular weight is 413 g/mol. The Morgan fingerprint density at radius 2 is 1.58 bits per heavy atom. The SMILES string of the molecule is NC(=O)c1ccc(Oc2ccc(C(=O)Nc3ccc4oc(C5CC5)nc4c3)cc2)cc1. The number of amides is 2. The van der Waals surface area contributed by atoms with Crippen LogP contribution in [0.4, 0.5) is 5.69 Å². The minimum Gasteiger partial charge on any atom is -0.457 e. The molecule has 0 radical (unpaired) electrons. The fourth-order valence-corrected chi connectivity index (χ4v) is 3.23. The molecular formula is C24H19N3O4. The summed E-state index contributed by atoms with van der Waals surface area (Å²) in [6.07, 6.45) is 2.24. The molecule has 3 N–H and O–H groups in total. The van der Waals surface area contributed by atoms with Gasteiger partial charge in [0.1, 0.15) is 17.0 Å². The van der Waals surface area contributed by atoms with Gasteiger partial charge in [0.05, 0.1) is 0 Å². The number of rotatable bonds is 6. The van der Waals surface area contributed by atoms with Crippen LogP contribution in [0, 0.1) is 0 Å². The van der Waals surface area contributed by atoms with Crippen LogP contribution in [0.2, 0.25) is 0 Å². The molecule has 1 heterocycles. The first kappa shape index (κ1) is 18.9. The number of carbonyl (C=O) groups is 2. The smallest absolute Gasteiger partial charge is 0.255 e. The second kappa shape index (κ2) is 7.60. The van der Waals surface area contributed by atoms with Crippen molar-refractivity contribution in [2.75, 3.05) is 5.32 Å². The number of anilines is 1. The van der Waals surface area contributed by atoms with E-state index >= 15 is 0 Å². The number of benzene rings is 3. The Kier molecular flexibility index (Phi) is 4.63. The van der Waals surface area contributed by atoms with Crippen LogP contribution in [0.1, 0.15) is 45.4 Å². The van der Waals surface area contributed by atoms with Gasteiger partial charge in [-0.3, -0.25) is 9.59 Å². The van der Waals surface area contributed by atoms with Gasteiger partial charge in [0.15, 0.2) is 11.5 Å². The van der Waals surface area contributed by atoms with E-state index in [1.807, 2.05) is 12.1 Å². The number of carbonyl (C=O) groups excluding carboxylic acids is 2. The second-order valence-corrected chi connectivity index (χ2v) is 7.48. The summed E-state index contributed by atoms with van der Waals surface area (Å²) < 4.78 is 11.5. The largest absolute Gasteiger partial charge is 0.457 e. The summed E-state index contributed by atoms with van der Waals surface area (Å²) in [5.41, 5.74) is 8.26. The molecular weight excluding hydrogens is 394 g/mol. The highest BCUT2D eigenvalue weighted by atomic mass is 16.5. The fraction of sp³-hybridized carbons (Fsp3) is 0.125. The van der Waals surface area contributed by atoms with E-state index in [0.717, 1.165) is 29.8 Å². The summed E-state index contributed by atoms with van der Waals surface area (Å²) in [7, 11) is 0. The zero-order chi connectivity index (χ0) is 21.4. The zero-order valence-electron chi connectivity index (χ0n) is 16.5. The quantitative estimate of drug-likeness (QED) is 0.470. The highest BCUT2D eigenvalue weighted by Crippen LogP contribution is 2.40. The summed E-state index contributed by atoms with van der Waals surface area (Å²) >= 11 is 0. The van der Waals surface area contributed by atoms with Gasteiger partial charge in [-0.15, -0.1) is 0 Å². The van der Waals surface area contributed by atoms with Gasteiger partial charge in [0, 0.05) is 22.7 Å². The monoisotopic (exact) mass is 413 g/mol. The molecule has 0 bridgehead atoms. The van der Waals surface area contributed by atoms with Crippen molar-refractivity contribution in [3.05, 3.63) is 83.7 Å². The van der Waals surface area contributed by atoms with Crippen LogP contribution >= 0.6 is 0 Å². The normalized spacial score (nSPS) is 13.2. The summed E-state index contributed by atoms with van der Waals surface area (Å²) in [6, 6.07) is 18.7. The molecule has 31 heavy (non-hydrogen) atoms. The molecule has 7 heteroatoms. The van der Waals surface area contributed by atoms with Gasteiger partial charge in [-0.1, -0.05) is 0 Å². The Balaban J connectivity index is 1.25. The molecule has 2 amide bonds. The number of hydrogen-bond donors (Lipinski definition) is 2. The molecule has 1 aliphatic carbocycles. The number of aromatic nitrogens is 1. The number of fused-ring (bicyclic) bond motifs is 1. The number of hydrogen-bond acceptors (Lipinski definition) is 5. The van der Waals surface area contributed by atoms with E-state index < -0.39 is 5.91 Å². The van der Waals surface area contributed by atoms with E-state index in [-0.39, 0.29) is 5.91 Å². The third-order valence-corrected chi connectivity index (χ3v) is 5.08. The first-order valence-electron chi connectivity index (χ1n) is 9.95. The summed E-state index contributed by atoms with van der Waals surface area (Å²) in [4.78, 5) is 28.3. The summed E-state index contributed by atoms with van der Waals surface area (Å²) in [6.45, 7) is 0. The maximum atomic E-state index is 12.6. The van der Waals surface area contributed by atoms with Gasteiger partial charge >= 0.3 is 0 Å². The molecule has 0 spiro atoms. The zero-order valence-corrected chi connectivity index (χ0v) is 16.5. The Morgan fingerprint density at radius 1 is 0.935 bits per heavy atom. The van der Waals surface area contributed by atoms with Crippen molar-refractivity contribution < 1.29 is 18.7 Å². The van der Waals surface area contributed by atoms with Gasteiger partial charge in [-0.05, 0) is 79.6 Å². The number of nitrogens with zero attached hydrogens (tertiary/aromatic N) is 1. The van der Waals surface area contributed by atoms with Gasteiger partial charge in [-0.2, -0.15) is 0 Å². The second-order valence-electron chi connectivity index (χ2n) is 7.48. The van der Waals surface area contributed by atoms with Crippen molar-refractivity contribution in [2.45, 2.75) is 18.8 Å². The Labute approximate surface area is 177 Å². The minimum absolute atomic E-state index is 0.234. The summed E-state index contributed by atoms with van der Waals surface area (Å²) in [5.74, 6) is 1.62. The molecule has 0 aliphatic heterocycles. The van der Waals surface area contributed by atoms with Gasteiger partial charge in [-0.25, -0.2) is 4.98 Å². The molecule has 1 saturated carbocycles. The van der Waals surface area contributed by atoms with Crippen LogP contribution in [0.25, 0.3) is 11.1 Å². The lowest BCUT2D eigenvalue weighted by molar-refractivity contribution is 0.0997. The third kappa shape index (κ3) is 4.11. The molecule has 154 valence electrons. The Morgan fingerprint density at radius 3 is 2.19 bits per heavy atom. The number of oxazole rings is 1. The maximum absolute atomic E-state index is 12.6. The minimum atomic E-state index is -0.493. The standard InChI is InChI=1S/C24H19N3O4/c25-22(28)14-3-8-18(9-4-14)30-19-10-5-15(6-11-19)23(29)26-17-7-12-21-20(13-17)27-24(31-21)16-1-2-16/h3-13,16H,1-2H2,(H2,25,28)(H,26,29). The molecule has 1 fully saturated rings. The first-order chi connectivity index (χ1) is 15.0. The lowest BCUT2D eigenvalue weighted by Gasteiger charge is -2.08. The Bertz CT molecular complexity index is 1270. The Hall–Kier alpha value is -4.13. The predicted octanol–water partition coefficient (Wildman–Crippen LogP) is 4.85. The topological polar surface area (TPSA) is 107 Å². The molecule has 1 aliphatic rings. The van der Waals surface area contributed by atoms with Gasteiger partial charge in [0.25, 0.3) is 5.91 Å². The van der Waals surface area contributed by atoms with Crippen molar-refractivity contribution >= 4 is 28.6 Å². The van der Waals surface area contributed by atoms with E-state index in [1.54, 1.807) is 54.6 Å². The van der Waals surface area contributed by atoms with Gasteiger partial charge < -0.3 is 20.2 Å². The van der Waals surface area contributed by atoms with Crippen molar-refractivity contribution in [1.29, 1.82) is 0 Å². The average Bonchev–Trinajstić information content (AvgIpc) is 3.54. The highest BCUT2D eigenvalue weighted by Gasteiger charge is 2.28. The predicted molar refractivity (Wildman–Crippen MR) is 115 cm³/mol. The molecule has 3 aromatic carbocycles. The molecule has 4 aromatic rings. The van der Waals surface area contributed by atoms with Crippen LogP contribution in [0.5, 0.6) is 11.5 Å². The molecule has 0 unspecified atom stereocenters. The van der Waals surface area contributed by atoms with E-state index in [1.165, 1.54) is 0 Å². The molecule has 0 saturated heterocycles. The van der Waals surface area contributed by atoms with E-state index in [4.69, 9.17) is 14.9 Å². The number of primary amides is 1. The van der Waals surface area contributed by atoms with Crippen LogP contribution in [0.15, 0.2) is 71.1 Å².